The van der Waals surface area contributed by atoms with Gasteiger partial charge in [-0.2, -0.15) is 9.30 Å². The van der Waals surface area contributed by atoms with Gasteiger partial charge in [-0.1, -0.05) is 17.3 Å². The smallest absolute Gasteiger partial charge is 0.177 e. The van der Waals surface area contributed by atoms with Crippen LogP contribution < -0.4 is 0 Å². The van der Waals surface area contributed by atoms with Crippen molar-refractivity contribution in [3.8, 4) is 0 Å². The first kappa shape index (κ1) is 8.31. The zero-order chi connectivity index (χ0) is 9.26. The molecule has 0 saturated carbocycles. The molecule has 0 saturated heterocycles. The summed E-state index contributed by atoms with van der Waals surface area (Å²) in [5.74, 6) is 0. The summed E-state index contributed by atoms with van der Waals surface area (Å²) in [5, 5.41) is 3.45. The summed E-state index contributed by atoms with van der Waals surface area (Å²) in [6.07, 6.45) is 0. The van der Waals surface area contributed by atoms with Crippen LogP contribution >= 0.6 is 11.3 Å². The van der Waals surface area contributed by atoms with Crippen molar-refractivity contribution in [2.75, 3.05) is 0 Å². The minimum Gasteiger partial charge on any atom is -0.195 e. The third kappa shape index (κ3) is 1.58. The molecule has 0 aliphatic carbocycles. The number of halogens is 1. The Morgan fingerprint density at radius 3 is 3.00 bits per heavy atom. The van der Waals surface area contributed by atoms with Gasteiger partial charge in [0.2, 0.25) is 0 Å². The second-order valence-corrected chi connectivity index (χ2v) is 3.74. The second kappa shape index (κ2) is 3.22. The molecular formula is C9H6FNOS. The van der Waals surface area contributed by atoms with E-state index >= 15 is 0 Å². The van der Waals surface area contributed by atoms with E-state index in [9.17, 15) is 9.30 Å². The van der Waals surface area contributed by atoms with Gasteiger partial charge < -0.3 is 0 Å². The van der Waals surface area contributed by atoms with E-state index in [0.717, 1.165) is 27.0 Å². The van der Waals surface area contributed by atoms with Crippen LogP contribution in [0.15, 0.2) is 29.4 Å². The minimum absolute atomic E-state index is 0.148. The molecule has 2 nitrogen and oxygen atoms in total. The zero-order valence-electron chi connectivity index (χ0n) is 6.66. The average molecular weight is 195 g/mol. The summed E-state index contributed by atoms with van der Waals surface area (Å²) in [7, 11) is 0. The summed E-state index contributed by atoms with van der Waals surface area (Å²) in [5.41, 5.74) is 0.823. The number of hydrogen-bond acceptors (Lipinski definition) is 3. The molecule has 0 aliphatic heterocycles. The summed E-state index contributed by atoms with van der Waals surface area (Å²) < 4.78 is 13.6. The quantitative estimate of drug-likeness (QED) is 0.676. The summed E-state index contributed by atoms with van der Waals surface area (Å²) in [4.78, 5) is 9.99. The van der Waals surface area contributed by atoms with Gasteiger partial charge in [-0.05, 0) is 23.1 Å². The lowest BCUT2D eigenvalue weighted by molar-refractivity contribution is 0.658. The van der Waals surface area contributed by atoms with E-state index in [-0.39, 0.29) is 11.7 Å². The van der Waals surface area contributed by atoms with Crippen LogP contribution in [0.3, 0.4) is 0 Å². The predicted octanol–water partition coefficient (Wildman–Crippen LogP) is 3.31. The number of nitroso groups, excluding NO2 is 1. The molecule has 0 unspecified atom stereocenters. The molecule has 0 aliphatic rings. The number of thiophene rings is 1. The van der Waals surface area contributed by atoms with Gasteiger partial charge in [0.05, 0.1) is 0 Å². The predicted molar refractivity (Wildman–Crippen MR) is 51.3 cm³/mol. The highest BCUT2D eigenvalue weighted by molar-refractivity contribution is 7.17. The van der Waals surface area contributed by atoms with Crippen molar-refractivity contribution < 1.29 is 4.39 Å². The van der Waals surface area contributed by atoms with Gasteiger partial charge in [0.15, 0.2) is 5.13 Å². The number of rotatable bonds is 2. The van der Waals surface area contributed by atoms with Crippen LogP contribution in [0.25, 0.3) is 10.1 Å². The van der Waals surface area contributed by atoms with Crippen molar-refractivity contribution >= 4 is 21.4 Å². The average Bonchev–Trinajstić information content (AvgIpc) is 2.44. The van der Waals surface area contributed by atoms with Crippen LogP contribution in [0, 0.1) is 10.0 Å². The molecule has 13 heavy (non-hydrogen) atoms. The van der Waals surface area contributed by atoms with Gasteiger partial charge in [-0.25, -0.2) is 0 Å². The fraction of sp³-hybridized carbons (Fsp3) is 0.111. The lowest BCUT2D eigenvalue weighted by Gasteiger charge is -1.93. The number of benzene rings is 1. The van der Waals surface area contributed by atoms with Crippen LogP contribution in [0.2, 0.25) is 0 Å². The standard InChI is InChI=1S/C9H6FNOS/c10-9-4-7-2-1-6(5-11-12)3-8(7)13-9/h1-4H,5H2. The molecule has 66 valence electrons. The Morgan fingerprint density at radius 1 is 1.38 bits per heavy atom. The maximum absolute atomic E-state index is 12.8. The van der Waals surface area contributed by atoms with E-state index in [4.69, 9.17) is 0 Å². The third-order valence-corrected chi connectivity index (χ3v) is 2.69. The molecule has 1 aromatic heterocycles. The summed E-state index contributed by atoms with van der Waals surface area (Å²) in [6, 6.07) is 6.87. The molecule has 0 spiro atoms. The van der Waals surface area contributed by atoms with Crippen LogP contribution in [0.1, 0.15) is 5.56 Å². The first-order valence-corrected chi connectivity index (χ1v) is 4.58. The first-order chi connectivity index (χ1) is 6.29. The van der Waals surface area contributed by atoms with Gasteiger partial charge in [0.1, 0.15) is 6.54 Å². The number of fused-ring (bicyclic) bond motifs is 1. The molecule has 1 aromatic carbocycles. The van der Waals surface area contributed by atoms with Crippen LogP contribution in [0.5, 0.6) is 0 Å². The fourth-order valence-electron chi connectivity index (χ4n) is 1.22. The van der Waals surface area contributed by atoms with Crippen molar-refractivity contribution in [2.45, 2.75) is 6.54 Å². The van der Waals surface area contributed by atoms with Gasteiger partial charge in [-0.3, -0.25) is 0 Å². The maximum Gasteiger partial charge on any atom is 0.177 e. The molecule has 2 aromatic rings. The van der Waals surface area contributed by atoms with Crippen molar-refractivity contribution in [1.82, 2.24) is 0 Å². The largest absolute Gasteiger partial charge is 0.195 e. The van der Waals surface area contributed by atoms with Gasteiger partial charge in [0, 0.05) is 4.70 Å². The summed E-state index contributed by atoms with van der Waals surface area (Å²) >= 11 is 1.08. The topological polar surface area (TPSA) is 29.4 Å². The Hall–Kier alpha value is -1.29. The Balaban J connectivity index is 2.54. The van der Waals surface area contributed by atoms with E-state index in [2.05, 4.69) is 5.18 Å². The second-order valence-electron chi connectivity index (χ2n) is 2.71. The Labute approximate surface area is 78.0 Å². The Kier molecular flexibility index (Phi) is 2.06. The van der Waals surface area contributed by atoms with Crippen molar-refractivity contribution in [3.05, 3.63) is 39.9 Å². The molecule has 0 fully saturated rings. The van der Waals surface area contributed by atoms with Crippen LogP contribution in [-0.2, 0) is 6.54 Å². The highest BCUT2D eigenvalue weighted by Crippen LogP contribution is 2.25. The third-order valence-electron chi connectivity index (χ3n) is 1.80. The SMILES string of the molecule is O=NCc1ccc2cc(F)sc2c1. The molecule has 0 N–H and O–H groups in total. The molecule has 0 amide bonds. The number of hydrogen-bond donors (Lipinski definition) is 0. The van der Waals surface area contributed by atoms with Gasteiger partial charge in [-0.15, -0.1) is 11.3 Å². The van der Waals surface area contributed by atoms with Crippen LogP contribution in [-0.4, -0.2) is 0 Å². The van der Waals surface area contributed by atoms with E-state index in [1.807, 2.05) is 0 Å². The molecule has 4 heteroatoms. The van der Waals surface area contributed by atoms with Gasteiger partial charge >= 0.3 is 0 Å². The van der Waals surface area contributed by atoms with E-state index in [1.165, 1.54) is 6.07 Å². The summed E-state index contributed by atoms with van der Waals surface area (Å²) in [6.45, 7) is 0.148. The lowest BCUT2D eigenvalue weighted by Crippen LogP contribution is -1.77. The van der Waals surface area contributed by atoms with E-state index < -0.39 is 0 Å². The monoisotopic (exact) mass is 195 g/mol. The lowest BCUT2D eigenvalue weighted by atomic mass is 10.2. The van der Waals surface area contributed by atoms with Crippen molar-refractivity contribution in [3.63, 3.8) is 0 Å². The highest BCUT2D eigenvalue weighted by Gasteiger charge is 2.01. The first-order valence-electron chi connectivity index (χ1n) is 3.76. The van der Waals surface area contributed by atoms with E-state index in [1.54, 1.807) is 18.2 Å². The molecular weight excluding hydrogens is 189 g/mol. The fourth-order valence-corrected chi connectivity index (χ4v) is 2.07. The van der Waals surface area contributed by atoms with E-state index in [0.29, 0.717) is 0 Å². The normalized spacial score (nSPS) is 10.5. The number of nitrogens with zero attached hydrogens (tertiary/aromatic N) is 1. The zero-order valence-corrected chi connectivity index (χ0v) is 7.47. The van der Waals surface area contributed by atoms with Crippen molar-refractivity contribution in [2.24, 2.45) is 5.18 Å². The molecule has 2 rings (SSSR count). The highest BCUT2D eigenvalue weighted by atomic mass is 32.1. The Bertz CT molecular complexity index is 452. The van der Waals surface area contributed by atoms with Crippen LogP contribution in [0.4, 0.5) is 4.39 Å². The Morgan fingerprint density at radius 2 is 2.23 bits per heavy atom. The minimum atomic E-state index is -0.203. The molecule has 0 radical (unpaired) electrons. The maximum atomic E-state index is 12.8. The molecule has 0 atom stereocenters. The molecule has 1 heterocycles. The van der Waals surface area contributed by atoms with Crippen molar-refractivity contribution in [1.29, 1.82) is 0 Å². The van der Waals surface area contributed by atoms with Gasteiger partial charge in [0.25, 0.3) is 0 Å². The molecule has 0 bridgehead atoms.